The predicted molar refractivity (Wildman–Crippen MR) is 74.1 cm³/mol. The van der Waals surface area contributed by atoms with Gasteiger partial charge in [0.25, 0.3) is 0 Å². The van der Waals surface area contributed by atoms with Crippen LogP contribution in [0.25, 0.3) is 0 Å². The summed E-state index contributed by atoms with van der Waals surface area (Å²) in [6.45, 7) is 0.815. The van der Waals surface area contributed by atoms with Gasteiger partial charge in [0, 0.05) is 18.5 Å². The fourth-order valence-corrected chi connectivity index (χ4v) is 3.07. The summed E-state index contributed by atoms with van der Waals surface area (Å²) in [7, 11) is 0. The molecular formula is C14H17NO3S. The molecule has 1 fully saturated rings. The van der Waals surface area contributed by atoms with Gasteiger partial charge in [-0.15, -0.1) is 0 Å². The Kier molecular flexibility index (Phi) is 4.61. The first-order valence-electron chi connectivity index (χ1n) is 6.24. The Balaban J connectivity index is 1.97. The highest BCUT2D eigenvalue weighted by atomic mass is 32.2. The lowest BCUT2D eigenvalue weighted by molar-refractivity contribution is -0.143. The van der Waals surface area contributed by atoms with Crippen LogP contribution in [0.5, 0.6) is 0 Å². The quantitative estimate of drug-likeness (QED) is 0.582. The average Bonchev–Trinajstić information content (AvgIpc) is 2.41. The molecule has 0 saturated carbocycles. The van der Waals surface area contributed by atoms with Gasteiger partial charge in [-0.3, -0.25) is 9.59 Å². The molecule has 102 valence electrons. The van der Waals surface area contributed by atoms with Gasteiger partial charge in [-0.1, -0.05) is 30.3 Å². The molecule has 0 aliphatic carbocycles. The summed E-state index contributed by atoms with van der Waals surface area (Å²) in [6.07, 6.45) is 2.37. The lowest BCUT2D eigenvalue weighted by Gasteiger charge is -2.30. The Labute approximate surface area is 116 Å². The molecule has 0 radical (unpaired) electrons. The van der Waals surface area contributed by atoms with E-state index in [-0.39, 0.29) is 29.9 Å². The van der Waals surface area contributed by atoms with Crippen molar-refractivity contribution in [1.29, 1.82) is 0 Å². The average molecular weight is 279 g/mol. The summed E-state index contributed by atoms with van der Waals surface area (Å²) in [5, 5.41) is -0.287. The fourth-order valence-electron chi connectivity index (χ4n) is 2.11. The standard InChI is InChI=1S/C14H17NO3S/c1-19(18)13(11-5-3-2-4-6-11)9-12(16)10-15-8-7-14(15)17/h2-6,13H,7-10H2,1H3. The van der Waals surface area contributed by atoms with E-state index in [1.54, 1.807) is 11.2 Å². The highest BCUT2D eigenvalue weighted by Gasteiger charge is 2.29. The number of hydrogen-bond acceptors (Lipinski definition) is 3. The number of amides is 1. The predicted octanol–water partition coefficient (Wildman–Crippen LogP) is 1.30. The number of benzene rings is 1. The maximum Gasteiger partial charge on any atom is 0.224 e. The molecule has 4 nitrogen and oxygen atoms in total. The molecule has 19 heavy (non-hydrogen) atoms. The molecule has 2 unspecified atom stereocenters. The van der Waals surface area contributed by atoms with Crippen LogP contribution in [0.2, 0.25) is 0 Å². The van der Waals surface area contributed by atoms with Crippen molar-refractivity contribution >= 4 is 22.9 Å². The molecule has 5 heteroatoms. The summed E-state index contributed by atoms with van der Waals surface area (Å²) in [4.78, 5) is 24.7. The van der Waals surface area contributed by atoms with Gasteiger partial charge < -0.3 is 9.45 Å². The third-order valence-corrected chi connectivity index (χ3v) is 4.54. The van der Waals surface area contributed by atoms with Crippen molar-refractivity contribution in [1.82, 2.24) is 4.90 Å². The maximum atomic E-state index is 12.0. The summed E-state index contributed by atoms with van der Waals surface area (Å²) in [5.74, 6) is -0.000616. The molecule has 1 amide bonds. The van der Waals surface area contributed by atoms with Gasteiger partial charge in [0.05, 0.1) is 19.2 Å². The molecule has 2 rings (SSSR count). The van der Waals surface area contributed by atoms with Crippen molar-refractivity contribution in [2.75, 3.05) is 19.3 Å². The molecule has 1 aliphatic heterocycles. The van der Waals surface area contributed by atoms with Gasteiger partial charge in [-0.25, -0.2) is 0 Å². The van der Waals surface area contributed by atoms with Gasteiger partial charge in [-0.05, 0) is 11.2 Å². The number of ketones is 1. The van der Waals surface area contributed by atoms with Crippen LogP contribution < -0.4 is 0 Å². The summed E-state index contributed by atoms with van der Waals surface area (Å²) in [6, 6.07) is 9.40. The minimum absolute atomic E-state index is 0.0298. The van der Waals surface area contributed by atoms with Gasteiger partial charge in [0.2, 0.25) is 5.91 Å². The first-order chi connectivity index (χ1) is 9.08. The SMILES string of the molecule is C[S+]([O-])C(CC(=O)CN1CCC1=O)c1ccccc1. The second-order valence-corrected chi connectivity index (χ2v) is 6.27. The maximum absolute atomic E-state index is 12.0. The largest absolute Gasteiger partial charge is 0.616 e. The number of nitrogens with zero attached hydrogens (tertiary/aromatic N) is 1. The molecular weight excluding hydrogens is 262 g/mol. The zero-order valence-corrected chi connectivity index (χ0v) is 11.7. The van der Waals surface area contributed by atoms with E-state index in [0.29, 0.717) is 13.0 Å². The van der Waals surface area contributed by atoms with Gasteiger partial charge >= 0.3 is 0 Å². The molecule has 1 heterocycles. The zero-order chi connectivity index (χ0) is 13.8. The third-order valence-electron chi connectivity index (χ3n) is 3.30. The van der Waals surface area contributed by atoms with E-state index in [9.17, 15) is 14.1 Å². The summed E-state index contributed by atoms with van der Waals surface area (Å²) >= 11 is -1.11. The number of β-lactam (4-membered cyclic amide) rings is 1. The fraction of sp³-hybridized carbons (Fsp3) is 0.429. The normalized spacial score (nSPS) is 17.8. The monoisotopic (exact) mass is 279 g/mol. The van der Waals surface area contributed by atoms with E-state index >= 15 is 0 Å². The molecule has 1 aromatic carbocycles. The summed E-state index contributed by atoms with van der Waals surface area (Å²) in [5.41, 5.74) is 0.909. The van der Waals surface area contributed by atoms with Crippen molar-refractivity contribution < 1.29 is 14.1 Å². The number of rotatable bonds is 6. The number of likely N-dealkylation sites (tertiary alicyclic amines) is 1. The van der Waals surface area contributed by atoms with Gasteiger partial charge in [0.1, 0.15) is 5.25 Å². The van der Waals surface area contributed by atoms with Crippen LogP contribution in [0.4, 0.5) is 0 Å². The topological polar surface area (TPSA) is 60.4 Å². The number of carbonyl (C=O) groups excluding carboxylic acids is 2. The van der Waals surface area contributed by atoms with Crippen LogP contribution in [0, 0.1) is 0 Å². The van der Waals surface area contributed by atoms with E-state index in [4.69, 9.17) is 0 Å². The smallest absolute Gasteiger partial charge is 0.224 e. The Bertz CT molecular complexity index is 461. The van der Waals surface area contributed by atoms with Gasteiger partial charge in [0.15, 0.2) is 5.78 Å². The van der Waals surface area contributed by atoms with Crippen molar-refractivity contribution in [2.24, 2.45) is 0 Å². The molecule has 1 saturated heterocycles. The molecule has 0 spiro atoms. The van der Waals surface area contributed by atoms with Crippen LogP contribution in [0.3, 0.4) is 0 Å². The first-order valence-corrected chi connectivity index (χ1v) is 7.86. The van der Waals surface area contributed by atoms with Crippen molar-refractivity contribution in [3.05, 3.63) is 35.9 Å². The molecule has 1 aliphatic rings. The van der Waals surface area contributed by atoms with E-state index in [0.717, 1.165) is 5.56 Å². The van der Waals surface area contributed by atoms with Crippen LogP contribution in [-0.2, 0) is 20.8 Å². The first kappa shape index (κ1) is 14.1. The van der Waals surface area contributed by atoms with Crippen LogP contribution in [-0.4, -0.2) is 40.5 Å². The van der Waals surface area contributed by atoms with E-state index < -0.39 is 11.2 Å². The number of Topliss-reactive ketones (excluding diaryl/α,β-unsaturated/α-hetero) is 1. The highest BCUT2D eigenvalue weighted by Crippen LogP contribution is 2.25. The molecule has 2 atom stereocenters. The highest BCUT2D eigenvalue weighted by molar-refractivity contribution is 7.90. The van der Waals surface area contributed by atoms with Crippen molar-refractivity contribution in [3.8, 4) is 0 Å². The Morgan fingerprint density at radius 3 is 2.58 bits per heavy atom. The lowest BCUT2D eigenvalue weighted by Crippen LogP contribution is -2.46. The van der Waals surface area contributed by atoms with Crippen LogP contribution in [0.1, 0.15) is 23.7 Å². The molecule has 0 N–H and O–H groups in total. The molecule has 1 aromatic rings. The number of hydrogen-bond donors (Lipinski definition) is 0. The lowest BCUT2D eigenvalue weighted by atomic mass is 10.1. The molecule has 0 aromatic heterocycles. The molecule has 0 bridgehead atoms. The van der Waals surface area contributed by atoms with Crippen molar-refractivity contribution in [3.63, 3.8) is 0 Å². The van der Waals surface area contributed by atoms with E-state index in [2.05, 4.69) is 0 Å². The minimum Gasteiger partial charge on any atom is -0.616 e. The van der Waals surface area contributed by atoms with Crippen LogP contribution in [0.15, 0.2) is 30.3 Å². The van der Waals surface area contributed by atoms with E-state index in [1.165, 1.54) is 0 Å². The Hall–Kier alpha value is -1.33. The summed E-state index contributed by atoms with van der Waals surface area (Å²) < 4.78 is 11.8. The third kappa shape index (κ3) is 3.58. The van der Waals surface area contributed by atoms with E-state index in [1.807, 2.05) is 30.3 Å². The Morgan fingerprint density at radius 1 is 1.42 bits per heavy atom. The zero-order valence-electron chi connectivity index (χ0n) is 10.9. The second kappa shape index (κ2) is 6.21. The Morgan fingerprint density at radius 2 is 2.11 bits per heavy atom. The van der Waals surface area contributed by atoms with Crippen LogP contribution >= 0.6 is 0 Å². The minimum atomic E-state index is -1.11. The second-order valence-electron chi connectivity index (χ2n) is 4.71. The number of carbonyl (C=O) groups is 2. The van der Waals surface area contributed by atoms with Gasteiger partial charge in [-0.2, -0.15) is 0 Å². The van der Waals surface area contributed by atoms with Crippen molar-refractivity contribution in [2.45, 2.75) is 18.1 Å².